The summed E-state index contributed by atoms with van der Waals surface area (Å²) in [6.45, 7) is 0. The molecule has 124 valence electrons. The van der Waals surface area contributed by atoms with Crippen molar-refractivity contribution in [3.05, 3.63) is 57.8 Å². The molecule has 0 saturated heterocycles. The number of methoxy groups -OCH3 is 2. The van der Waals surface area contributed by atoms with Gasteiger partial charge in [0.05, 0.1) is 31.0 Å². The maximum absolute atomic E-state index is 12.3. The first-order valence-electron chi connectivity index (χ1n) is 6.70. The Morgan fingerprint density at radius 2 is 1.75 bits per heavy atom. The number of esters is 2. The van der Waals surface area contributed by atoms with E-state index in [2.05, 4.69) is 35.7 Å². The van der Waals surface area contributed by atoms with Crippen molar-refractivity contribution in [3.8, 4) is 0 Å². The van der Waals surface area contributed by atoms with Crippen LogP contribution in [0.3, 0.4) is 0 Å². The number of benzene rings is 1. The summed E-state index contributed by atoms with van der Waals surface area (Å²) >= 11 is 3.25. The van der Waals surface area contributed by atoms with Gasteiger partial charge in [0.15, 0.2) is 0 Å². The molecule has 0 saturated carbocycles. The van der Waals surface area contributed by atoms with Crippen molar-refractivity contribution in [2.45, 2.75) is 0 Å². The molecule has 8 heteroatoms. The molecule has 2 aromatic rings. The van der Waals surface area contributed by atoms with Crippen LogP contribution in [0.25, 0.3) is 0 Å². The molecule has 0 fully saturated rings. The van der Waals surface area contributed by atoms with Gasteiger partial charge < -0.3 is 14.8 Å². The Balaban J connectivity index is 2.40. The van der Waals surface area contributed by atoms with E-state index in [-0.39, 0.29) is 22.5 Å². The largest absolute Gasteiger partial charge is 0.465 e. The predicted molar refractivity (Wildman–Crippen MR) is 89.0 cm³/mol. The van der Waals surface area contributed by atoms with Gasteiger partial charge in [-0.1, -0.05) is 15.9 Å². The Bertz CT molecular complexity index is 807. The summed E-state index contributed by atoms with van der Waals surface area (Å²) in [6, 6.07) is 7.33. The van der Waals surface area contributed by atoms with Gasteiger partial charge in [0.1, 0.15) is 5.69 Å². The molecule has 1 aromatic carbocycles. The molecule has 1 heterocycles. The minimum absolute atomic E-state index is 0.105. The molecule has 0 radical (unpaired) electrons. The van der Waals surface area contributed by atoms with Crippen molar-refractivity contribution in [1.82, 2.24) is 4.98 Å². The van der Waals surface area contributed by atoms with Crippen molar-refractivity contribution in [3.63, 3.8) is 0 Å². The van der Waals surface area contributed by atoms with Gasteiger partial charge in [-0.2, -0.15) is 0 Å². The highest BCUT2D eigenvalue weighted by Crippen LogP contribution is 2.21. The van der Waals surface area contributed by atoms with E-state index in [1.807, 2.05) is 0 Å². The summed E-state index contributed by atoms with van der Waals surface area (Å²) < 4.78 is 10.00. The van der Waals surface area contributed by atoms with Crippen molar-refractivity contribution in [1.29, 1.82) is 0 Å². The number of rotatable bonds is 4. The highest BCUT2D eigenvalue weighted by Gasteiger charge is 2.18. The number of hydrogen-bond acceptors (Lipinski definition) is 6. The van der Waals surface area contributed by atoms with E-state index in [4.69, 9.17) is 0 Å². The van der Waals surface area contributed by atoms with Gasteiger partial charge in [0.2, 0.25) is 0 Å². The molecule has 0 atom stereocenters. The van der Waals surface area contributed by atoms with Crippen LogP contribution in [-0.2, 0) is 9.47 Å². The summed E-state index contributed by atoms with van der Waals surface area (Å²) in [7, 11) is 2.46. The number of hydrogen-bond donors (Lipinski definition) is 1. The number of anilines is 1. The van der Waals surface area contributed by atoms with E-state index in [1.54, 1.807) is 6.07 Å². The molecule has 1 amide bonds. The van der Waals surface area contributed by atoms with Crippen LogP contribution in [0.4, 0.5) is 5.69 Å². The quantitative estimate of drug-likeness (QED) is 0.803. The molecule has 1 aromatic heterocycles. The Morgan fingerprint density at radius 1 is 1.04 bits per heavy atom. The van der Waals surface area contributed by atoms with Crippen molar-refractivity contribution in [2.24, 2.45) is 0 Å². The zero-order valence-electron chi connectivity index (χ0n) is 12.8. The first-order chi connectivity index (χ1) is 11.5. The Labute approximate surface area is 146 Å². The second kappa shape index (κ2) is 7.69. The Hall–Kier alpha value is -2.74. The number of nitrogens with zero attached hydrogens (tertiary/aromatic N) is 1. The molecule has 24 heavy (non-hydrogen) atoms. The lowest BCUT2D eigenvalue weighted by molar-refractivity contribution is 0.0587. The molecule has 0 aliphatic carbocycles. The molecule has 0 aliphatic rings. The fraction of sp³-hybridized carbons (Fsp3) is 0.125. The van der Waals surface area contributed by atoms with Gasteiger partial charge in [-0.25, -0.2) is 9.59 Å². The summed E-state index contributed by atoms with van der Waals surface area (Å²) in [5.41, 5.74) is 0.552. The fourth-order valence-electron chi connectivity index (χ4n) is 1.90. The predicted octanol–water partition coefficient (Wildman–Crippen LogP) is 2.67. The average molecular weight is 393 g/mol. The average Bonchev–Trinajstić information content (AvgIpc) is 2.60. The summed E-state index contributed by atoms with van der Waals surface area (Å²) in [4.78, 5) is 39.8. The van der Waals surface area contributed by atoms with E-state index in [0.29, 0.717) is 4.47 Å². The van der Waals surface area contributed by atoms with Gasteiger partial charge in [-0.15, -0.1) is 0 Å². The normalized spacial score (nSPS) is 9.96. The van der Waals surface area contributed by atoms with Gasteiger partial charge in [-0.3, -0.25) is 9.78 Å². The van der Waals surface area contributed by atoms with Crippen LogP contribution in [0.2, 0.25) is 0 Å². The lowest BCUT2D eigenvalue weighted by Gasteiger charge is -2.11. The first-order valence-corrected chi connectivity index (χ1v) is 7.49. The second-order valence-electron chi connectivity index (χ2n) is 4.56. The van der Waals surface area contributed by atoms with Crippen LogP contribution in [0.5, 0.6) is 0 Å². The third-order valence-electron chi connectivity index (χ3n) is 3.05. The van der Waals surface area contributed by atoms with Crippen LogP contribution in [0.15, 0.2) is 41.0 Å². The van der Waals surface area contributed by atoms with Crippen LogP contribution in [0.1, 0.15) is 31.2 Å². The molecule has 1 N–H and O–H groups in total. The Morgan fingerprint density at radius 3 is 2.38 bits per heavy atom. The second-order valence-corrected chi connectivity index (χ2v) is 5.47. The summed E-state index contributed by atoms with van der Waals surface area (Å²) in [6.07, 6.45) is 1.46. The topological polar surface area (TPSA) is 94.6 Å². The minimum atomic E-state index is -0.649. The molecule has 0 aliphatic heterocycles. The number of aromatic nitrogens is 1. The zero-order valence-corrected chi connectivity index (χ0v) is 14.4. The van der Waals surface area contributed by atoms with Crippen LogP contribution in [0, 0.1) is 0 Å². The highest BCUT2D eigenvalue weighted by atomic mass is 79.9. The monoisotopic (exact) mass is 392 g/mol. The number of pyridine rings is 1. The van der Waals surface area contributed by atoms with Gasteiger partial charge in [0, 0.05) is 10.7 Å². The van der Waals surface area contributed by atoms with Crippen molar-refractivity contribution < 1.29 is 23.9 Å². The standard InChI is InChI=1S/C16H13BrN2O5/c1-23-15(21)9-3-4-11(16(22)24-2)12(7-9)19-14(20)13-8-10(17)5-6-18-13/h3-8H,1-2H3,(H,19,20). The fourth-order valence-corrected chi connectivity index (χ4v) is 2.23. The van der Waals surface area contributed by atoms with E-state index in [1.165, 1.54) is 44.7 Å². The molecule has 0 unspecified atom stereocenters. The van der Waals surface area contributed by atoms with Crippen LogP contribution >= 0.6 is 15.9 Å². The number of ether oxygens (including phenoxy) is 2. The van der Waals surface area contributed by atoms with Gasteiger partial charge >= 0.3 is 11.9 Å². The number of nitrogens with one attached hydrogen (secondary N) is 1. The number of halogens is 1. The maximum atomic E-state index is 12.3. The van der Waals surface area contributed by atoms with Gasteiger partial charge in [0.25, 0.3) is 5.91 Å². The molecular weight excluding hydrogens is 380 g/mol. The molecule has 0 spiro atoms. The molecular formula is C16H13BrN2O5. The van der Waals surface area contributed by atoms with Crippen LogP contribution < -0.4 is 5.32 Å². The van der Waals surface area contributed by atoms with E-state index >= 15 is 0 Å². The zero-order chi connectivity index (χ0) is 17.7. The summed E-state index contributed by atoms with van der Waals surface area (Å²) in [5.74, 6) is -1.78. The van der Waals surface area contributed by atoms with Gasteiger partial charge in [-0.05, 0) is 30.3 Å². The number of carbonyl (C=O) groups is 3. The third-order valence-corrected chi connectivity index (χ3v) is 3.54. The maximum Gasteiger partial charge on any atom is 0.339 e. The van der Waals surface area contributed by atoms with Crippen LogP contribution in [-0.4, -0.2) is 37.0 Å². The molecule has 2 rings (SSSR count). The molecule has 0 bridgehead atoms. The van der Waals surface area contributed by atoms with Crippen molar-refractivity contribution >= 4 is 39.5 Å². The van der Waals surface area contributed by atoms with E-state index in [9.17, 15) is 14.4 Å². The number of carbonyl (C=O) groups excluding carboxylic acids is 3. The first kappa shape index (κ1) is 17.6. The smallest absolute Gasteiger partial charge is 0.339 e. The lowest BCUT2D eigenvalue weighted by Crippen LogP contribution is -2.17. The van der Waals surface area contributed by atoms with E-state index in [0.717, 1.165) is 0 Å². The summed E-state index contributed by atoms with van der Waals surface area (Å²) in [5, 5.41) is 2.56. The van der Waals surface area contributed by atoms with E-state index < -0.39 is 17.8 Å². The third kappa shape index (κ3) is 3.96. The van der Waals surface area contributed by atoms with Crippen molar-refractivity contribution in [2.75, 3.05) is 19.5 Å². The Kier molecular flexibility index (Phi) is 5.64. The SMILES string of the molecule is COC(=O)c1ccc(C(=O)OC)c(NC(=O)c2cc(Br)ccn2)c1. The minimum Gasteiger partial charge on any atom is -0.465 e. The number of amides is 1. The highest BCUT2D eigenvalue weighted by molar-refractivity contribution is 9.10. The lowest BCUT2D eigenvalue weighted by atomic mass is 10.1. The molecule has 7 nitrogen and oxygen atoms in total.